The van der Waals surface area contributed by atoms with Crippen LogP contribution in [0.4, 0.5) is 11.6 Å². The lowest BCUT2D eigenvalue weighted by atomic mass is 10.2. The van der Waals surface area contributed by atoms with Crippen LogP contribution in [0.25, 0.3) is 22.4 Å². The van der Waals surface area contributed by atoms with Gasteiger partial charge in [0.15, 0.2) is 11.5 Å². The molecule has 0 atom stereocenters. The summed E-state index contributed by atoms with van der Waals surface area (Å²) in [4.78, 5) is 15.5. The Labute approximate surface area is 189 Å². The number of thiazole rings is 1. The van der Waals surface area contributed by atoms with E-state index in [-0.39, 0.29) is 11.6 Å². The topological polar surface area (TPSA) is 99.1 Å². The molecule has 0 saturated carbocycles. The van der Waals surface area contributed by atoms with Crippen LogP contribution in [0.15, 0.2) is 91.0 Å². The van der Waals surface area contributed by atoms with E-state index in [1.165, 1.54) is 29.7 Å². The summed E-state index contributed by atoms with van der Waals surface area (Å²) in [5.74, 6) is 0.473. The average Bonchev–Trinajstić information content (AvgIpc) is 3.51. The fourth-order valence-electron chi connectivity index (χ4n) is 3.04. The van der Waals surface area contributed by atoms with Gasteiger partial charge in [0.2, 0.25) is 4.80 Å². The number of hydrogen-bond acceptors (Lipinski definition) is 7. The summed E-state index contributed by atoms with van der Waals surface area (Å²) in [5, 5.41) is 18.7. The minimum Gasteiger partial charge on any atom is -0.454 e. The molecule has 10 heteroatoms. The molecule has 5 rings (SSSR count). The van der Waals surface area contributed by atoms with E-state index in [0.29, 0.717) is 27.0 Å². The van der Waals surface area contributed by atoms with Crippen LogP contribution in [-0.2, 0) is 0 Å². The molecule has 0 spiro atoms. The first-order valence-corrected chi connectivity index (χ1v) is 10.6. The molecule has 5 aromatic rings. The minimum atomic E-state index is -0.604. The predicted molar refractivity (Wildman–Crippen MR) is 123 cm³/mol. The van der Waals surface area contributed by atoms with Crippen LogP contribution in [0.2, 0.25) is 5.02 Å². The summed E-state index contributed by atoms with van der Waals surface area (Å²) in [7, 11) is 0. The number of nitrogens with zero attached hydrogens (tertiary/aromatic N) is 4. The second kappa shape index (κ2) is 8.29. The molecule has 32 heavy (non-hydrogen) atoms. The number of para-hydroxylation sites is 2. The summed E-state index contributed by atoms with van der Waals surface area (Å²) in [6.07, 6.45) is 1.39. The molecule has 0 bridgehead atoms. The molecule has 3 aromatic heterocycles. The number of furan rings is 2. The Hall–Kier alpha value is -3.95. The van der Waals surface area contributed by atoms with Crippen molar-refractivity contribution in [2.75, 3.05) is 0 Å². The molecular weight excluding hydrogens is 452 g/mol. The largest absolute Gasteiger partial charge is 0.454 e. The summed E-state index contributed by atoms with van der Waals surface area (Å²) in [6, 6.07) is 19.6. The summed E-state index contributed by atoms with van der Waals surface area (Å²) in [6.45, 7) is 0. The first-order valence-electron chi connectivity index (χ1n) is 9.36. The zero-order chi connectivity index (χ0) is 22.1. The van der Waals surface area contributed by atoms with E-state index in [1.54, 1.807) is 16.8 Å². The highest BCUT2D eigenvalue weighted by Crippen LogP contribution is 2.29. The second-order valence-electron chi connectivity index (χ2n) is 6.60. The Morgan fingerprint density at radius 1 is 1.06 bits per heavy atom. The van der Waals surface area contributed by atoms with Crippen molar-refractivity contribution in [2.45, 2.75) is 0 Å². The number of halogens is 1. The van der Waals surface area contributed by atoms with Crippen molar-refractivity contribution >= 4 is 51.7 Å². The van der Waals surface area contributed by atoms with Gasteiger partial charge in [0.05, 0.1) is 23.0 Å². The number of aromatic nitrogens is 1. The maximum absolute atomic E-state index is 10.9. The SMILES string of the molecule is O=[N+]([O-])c1ccc(C=Nn2c(-c3cc4ccccc4o3)csc2=Nc2ccccc2Cl)o1. The van der Waals surface area contributed by atoms with Gasteiger partial charge < -0.3 is 8.83 Å². The lowest BCUT2D eigenvalue weighted by molar-refractivity contribution is -0.402. The van der Waals surface area contributed by atoms with Crippen LogP contribution in [0.5, 0.6) is 0 Å². The summed E-state index contributed by atoms with van der Waals surface area (Å²) >= 11 is 7.63. The number of rotatable bonds is 5. The van der Waals surface area contributed by atoms with Crippen LogP contribution in [0.1, 0.15) is 5.76 Å². The smallest absolute Gasteiger partial charge is 0.433 e. The average molecular weight is 465 g/mol. The van der Waals surface area contributed by atoms with Crippen LogP contribution in [0.3, 0.4) is 0 Å². The molecule has 0 saturated heterocycles. The highest BCUT2D eigenvalue weighted by Gasteiger charge is 2.14. The van der Waals surface area contributed by atoms with Gasteiger partial charge in [-0.25, -0.2) is 9.67 Å². The number of nitro groups is 1. The van der Waals surface area contributed by atoms with E-state index in [4.69, 9.17) is 20.4 Å². The zero-order valence-electron chi connectivity index (χ0n) is 16.2. The Morgan fingerprint density at radius 2 is 1.88 bits per heavy atom. The fourth-order valence-corrected chi connectivity index (χ4v) is 4.04. The lowest BCUT2D eigenvalue weighted by Crippen LogP contribution is -2.11. The molecule has 2 aromatic carbocycles. The third-order valence-corrected chi connectivity index (χ3v) is 5.66. The van der Waals surface area contributed by atoms with Gasteiger partial charge in [0.1, 0.15) is 16.2 Å². The number of benzene rings is 2. The van der Waals surface area contributed by atoms with Crippen molar-refractivity contribution in [1.29, 1.82) is 0 Å². The van der Waals surface area contributed by atoms with Gasteiger partial charge >= 0.3 is 5.88 Å². The molecule has 0 aliphatic carbocycles. The number of hydrogen-bond donors (Lipinski definition) is 0. The Balaban J connectivity index is 1.65. The van der Waals surface area contributed by atoms with E-state index in [1.807, 2.05) is 47.8 Å². The van der Waals surface area contributed by atoms with Crippen molar-refractivity contribution in [3.63, 3.8) is 0 Å². The van der Waals surface area contributed by atoms with Gasteiger partial charge in [0, 0.05) is 10.8 Å². The molecule has 3 heterocycles. The van der Waals surface area contributed by atoms with Gasteiger partial charge in [-0.15, -0.1) is 11.3 Å². The number of fused-ring (bicyclic) bond motifs is 1. The minimum absolute atomic E-state index is 0.231. The van der Waals surface area contributed by atoms with Gasteiger partial charge in [0.25, 0.3) is 0 Å². The Bertz CT molecular complexity index is 1510. The zero-order valence-corrected chi connectivity index (χ0v) is 17.8. The molecule has 0 aliphatic rings. The maximum atomic E-state index is 10.9. The molecule has 158 valence electrons. The fraction of sp³-hybridized carbons (Fsp3) is 0. The Morgan fingerprint density at radius 3 is 2.66 bits per heavy atom. The highest BCUT2D eigenvalue weighted by atomic mass is 35.5. The normalized spacial score (nSPS) is 12.2. The van der Waals surface area contributed by atoms with Crippen LogP contribution < -0.4 is 4.80 Å². The monoisotopic (exact) mass is 464 g/mol. The van der Waals surface area contributed by atoms with Crippen LogP contribution in [0, 0.1) is 10.1 Å². The molecule has 0 radical (unpaired) electrons. The second-order valence-corrected chi connectivity index (χ2v) is 7.85. The third-order valence-electron chi connectivity index (χ3n) is 4.52. The van der Waals surface area contributed by atoms with Gasteiger partial charge in [-0.2, -0.15) is 5.10 Å². The van der Waals surface area contributed by atoms with E-state index in [9.17, 15) is 10.1 Å². The van der Waals surface area contributed by atoms with Gasteiger partial charge in [-0.1, -0.05) is 41.9 Å². The predicted octanol–water partition coefficient (Wildman–Crippen LogP) is 6.23. The van der Waals surface area contributed by atoms with E-state index < -0.39 is 4.92 Å². The quantitative estimate of drug-likeness (QED) is 0.175. The molecule has 0 aliphatic heterocycles. The van der Waals surface area contributed by atoms with Crippen LogP contribution >= 0.6 is 22.9 Å². The molecule has 0 fully saturated rings. The molecular formula is C22H13ClN4O4S. The maximum Gasteiger partial charge on any atom is 0.433 e. The van der Waals surface area contributed by atoms with Crippen molar-refractivity contribution < 1.29 is 13.8 Å². The highest BCUT2D eigenvalue weighted by molar-refractivity contribution is 7.07. The molecule has 0 N–H and O–H groups in total. The summed E-state index contributed by atoms with van der Waals surface area (Å²) < 4.78 is 12.8. The van der Waals surface area contributed by atoms with Crippen LogP contribution in [-0.4, -0.2) is 15.8 Å². The van der Waals surface area contributed by atoms with E-state index in [0.717, 1.165) is 11.0 Å². The van der Waals surface area contributed by atoms with Crippen molar-refractivity contribution in [3.8, 4) is 11.5 Å². The van der Waals surface area contributed by atoms with Crippen molar-refractivity contribution in [3.05, 3.63) is 97.8 Å². The molecule has 0 unspecified atom stereocenters. The summed E-state index contributed by atoms with van der Waals surface area (Å²) in [5.41, 5.74) is 1.99. The standard InChI is InChI=1S/C22H13ClN4O4S/c23-16-6-2-3-7-17(16)25-22-26(24-12-15-9-10-21(30-15)27(28)29)18(13-32-22)20-11-14-5-1-4-8-19(14)31-20/h1-13H. The van der Waals surface area contributed by atoms with Crippen molar-refractivity contribution in [1.82, 2.24) is 4.68 Å². The lowest BCUT2D eigenvalue weighted by Gasteiger charge is -2.00. The van der Waals surface area contributed by atoms with Gasteiger partial charge in [-0.05, 0) is 30.3 Å². The first-order chi connectivity index (χ1) is 15.6. The van der Waals surface area contributed by atoms with Gasteiger partial charge in [-0.3, -0.25) is 10.1 Å². The third kappa shape index (κ3) is 3.86. The van der Waals surface area contributed by atoms with Crippen molar-refractivity contribution in [2.24, 2.45) is 10.1 Å². The molecule has 0 amide bonds. The van der Waals surface area contributed by atoms with E-state index >= 15 is 0 Å². The Kier molecular flexibility index (Phi) is 5.18. The first kappa shape index (κ1) is 20.0. The molecule has 8 nitrogen and oxygen atoms in total. The van der Waals surface area contributed by atoms with E-state index in [2.05, 4.69) is 10.1 Å².